The van der Waals surface area contributed by atoms with E-state index >= 15 is 0 Å². The van der Waals surface area contributed by atoms with Gasteiger partial charge < -0.3 is 10.0 Å². The van der Waals surface area contributed by atoms with Gasteiger partial charge >= 0.3 is 0 Å². The van der Waals surface area contributed by atoms with Crippen LogP contribution in [0, 0.1) is 0 Å². The van der Waals surface area contributed by atoms with Gasteiger partial charge in [0.25, 0.3) is 10.1 Å². The lowest BCUT2D eigenvalue weighted by atomic mass is 10.1. The molecule has 0 aliphatic carbocycles. The van der Waals surface area contributed by atoms with Gasteiger partial charge in [0, 0.05) is 19.5 Å². The van der Waals surface area contributed by atoms with Crippen LogP contribution in [0.5, 0.6) is 0 Å². The van der Waals surface area contributed by atoms with Gasteiger partial charge in [-0.25, -0.2) is 0 Å². The quantitative estimate of drug-likeness (QED) is 0.290. The van der Waals surface area contributed by atoms with Crippen molar-refractivity contribution in [2.45, 2.75) is 97.0 Å². The molecule has 0 aromatic rings. The second kappa shape index (κ2) is 15.4. The highest BCUT2D eigenvalue weighted by Crippen LogP contribution is 2.12. The van der Waals surface area contributed by atoms with E-state index in [9.17, 15) is 18.3 Å². The van der Waals surface area contributed by atoms with Crippen molar-refractivity contribution in [1.82, 2.24) is 4.90 Å². The Morgan fingerprint density at radius 3 is 1.81 bits per heavy atom. The van der Waals surface area contributed by atoms with Crippen LogP contribution in [0.3, 0.4) is 0 Å². The van der Waals surface area contributed by atoms with Crippen LogP contribution >= 0.6 is 0 Å². The standard InChI is InChI=1S/C19H39NO5S/c1-3-4-5-6-7-8-9-10-11-12-13-14-19(22)20(17-18(2)21)15-16-26(23,24)25/h18,21H,3-17H2,1-2H3,(H,23,24,25). The Kier molecular flexibility index (Phi) is 15.0. The summed E-state index contributed by atoms with van der Waals surface area (Å²) in [4.78, 5) is 13.5. The van der Waals surface area contributed by atoms with Crippen molar-refractivity contribution in [3.8, 4) is 0 Å². The van der Waals surface area contributed by atoms with Crippen LogP contribution in [0.2, 0.25) is 0 Å². The largest absolute Gasteiger partial charge is 0.392 e. The number of nitrogens with zero attached hydrogens (tertiary/aromatic N) is 1. The zero-order chi connectivity index (χ0) is 19.8. The molecule has 0 spiro atoms. The molecule has 26 heavy (non-hydrogen) atoms. The smallest absolute Gasteiger partial charge is 0.266 e. The molecule has 156 valence electrons. The van der Waals surface area contributed by atoms with Gasteiger partial charge in [0.15, 0.2) is 0 Å². The van der Waals surface area contributed by atoms with E-state index in [4.69, 9.17) is 4.55 Å². The molecule has 0 bridgehead atoms. The summed E-state index contributed by atoms with van der Waals surface area (Å²) in [5.74, 6) is -0.658. The van der Waals surface area contributed by atoms with Crippen LogP contribution < -0.4 is 0 Å². The number of amides is 1. The fraction of sp³-hybridized carbons (Fsp3) is 0.947. The molecule has 0 aliphatic rings. The number of aliphatic hydroxyl groups excluding tert-OH is 1. The van der Waals surface area contributed by atoms with E-state index in [0.29, 0.717) is 6.42 Å². The first-order valence-electron chi connectivity index (χ1n) is 10.2. The van der Waals surface area contributed by atoms with Gasteiger partial charge in [-0.15, -0.1) is 0 Å². The third-order valence-corrected chi connectivity index (χ3v) is 5.15. The minimum Gasteiger partial charge on any atom is -0.392 e. The molecule has 7 heteroatoms. The third kappa shape index (κ3) is 16.8. The number of unbranched alkanes of at least 4 members (excludes halogenated alkanes) is 10. The van der Waals surface area contributed by atoms with E-state index in [1.807, 2.05) is 0 Å². The van der Waals surface area contributed by atoms with Crippen molar-refractivity contribution in [3.05, 3.63) is 0 Å². The molecule has 0 aromatic heterocycles. The van der Waals surface area contributed by atoms with Gasteiger partial charge in [-0.05, 0) is 13.3 Å². The molecule has 0 saturated carbocycles. The highest BCUT2D eigenvalue weighted by atomic mass is 32.2. The predicted molar refractivity (Wildman–Crippen MR) is 106 cm³/mol. The van der Waals surface area contributed by atoms with Gasteiger partial charge in [-0.3, -0.25) is 9.35 Å². The zero-order valence-electron chi connectivity index (χ0n) is 16.7. The van der Waals surface area contributed by atoms with Crippen molar-refractivity contribution >= 4 is 16.0 Å². The van der Waals surface area contributed by atoms with Crippen molar-refractivity contribution in [2.24, 2.45) is 0 Å². The second-order valence-corrected chi connectivity index (χ2v) is 8.83. The summed E-state index contributed by atoms with van der Waals surface area (Å²) in [5.41, 5.74) is 0. The fourth-order valence-corrected chi connectivity index (χ4v) is 3.41. The Labute approximate surface area is 160 Å². The Hall–Kier alpha value is -0.660. The van der Waals surface area contributed by atoms with Crippen LogP contribution in [0.4, 0.5) is 0 Å². The summed E-state index contributed by atoms with van der Waals surface area (Å²) in [6, 6.07) is 0. The number of hydrogen-bond acceptors (Lipinski definition) is 4. The monoisotopic (exact) mass is 393 g/mol. The van der Waals surface area contributed by atoms with E-state index in [1.54, 1.807) is 6.92 Å². The van der Waals surface area contributed by atoms with Crippen LogP contribution in [-0.2, 0) is 14.9 Å². The maximum atomic E-state index is 12.2. The fourth-order valence-electron chi connectivity index (χ4n) is 2.96. The lowest BCUT2D eigenvalue weighted by Gasteiger charge is -2.23. The molecule has 2 N–H and O–H groups in total. The minimum absolute atomic E-state index is 0.0827. The maximum Gasteiger partial charge on any atom is 0.266 e. The van der Waals surface area contributed by atoms with Crippen molar-refractivity contribution in [2.75, 3.05) is 18.8 Å². The normalized spacial score (nSPS) is 12.9. The molecule has 0 heterocycles. The van der Waals surface area contributed by atoms with Crippen LogP contribution in [-0.4, -0.2) is 53.8 Å². The summed E-state index contributed by atoms with van der Waals surface area (Å²) in [5, 5.41) is 9.46. The number of rotatable bonds is 17. The molecule has 0 aromatic carbocycles. The summed E-state index contributed by atoms with van der Waals surface area (Å²) >= 11 is 0. The van der Waals surface area contributed by atoms with E-state index in [0.717, 1.165) is 19.3 Å². The van der Waals surface area contributed by atoms with Crippen LogP contribution in [0.25, 0.3) is 0 Å². The van der Waals surface area contributed by atoms with Crippen LogP contribution in [0.15, 0.2) is 0 Å². The number of carbonyl (C=O) groups excluding carboxylic acids is 1. The van der Waals surface area contributed by atoms with E-state index in [1.165, 1.54) is 56.3 Å². The molecule has 0 rings (SSSR count). The molecular weight excluding hydrogens is 354 g/mol. The summed E-state index contributed by atoms with van der Waals surface area (Å²) in [6.07, 6.45) is 12.9. The Balaban J connectivity index is 3.81. The lowest BCUT2D eigenvalue weighted by molar-refractivity contribution is -0.132. The van der Waals surface area contributed by atoms with Crippen molar-refractivity contribution < 1.29 is 22.9 Å². The van der Waals surface area contributed by atoms with E-state index in [-0.39, 0.29) is 19.0 Å². The van der Waals surface area contributed by atoms with Crippen molar-refractivity contribution in [3.63, 3.8) is 0 Å². The Morgan fingerprint density at radius 1 is 0.923 bits per heavy atom. The molecule has 1 amide bonds. The molecule has 1 unspecified atom stereocenters. The van der Waals surface area contributed by atoms with E-state index in [2.05, 4.69) is 6.92 Å². The number of aliphatic hydroxyl groups is 1. The molecular formula is C19H39NO5S. The van der Waals surface area contributed by atoms with Gasteiger partial charge in [-0.2, -0.15) is 8.42 Å². The molecule has 6 nitrogen and oxygen atoms in total. The van der Waals surface area contributed by atoms with Crippen molar-refractivity contribution in [1.29, 1.82) is 0 Å². The molecule has 0 fully saturated rings. The van der Waals surface area contributed by atoms with Gasteiger partial charge in [0.1, 0.15) is 0 Å². The molecule has 1 atom stereocenters. The SMILES string of the molecule is CCCCCCCCCCCCCC(=O)N(CCS(=O)(=O)O)CC(C)O. The Morgan fingerprint density at radius 2 is 1.38 bits per heavy atom. The molecule has 0 saturated heterocycles. The first kappa shape index (κ1) is 25.3. The van der Waals surface area contributed by atoms with E-state index < -0.39 is 22.0 Å². The highest BCUT2D eigenvalue weighted by Gasteiger charge is 2.17. The van der Waals surface area contributed by atoms with Crippen LogP contribution in [0.1, 0.15) is 90.9 Å². The topological polar surface area (TPSA) is 94.9 Å². The summed E-state index contributed by atoms with van der Waals surface area (Å²) in [6.45, 7) is 3.78. The number of hydrogen-bond donors (Lipinski definition) is 2. The first-order chi connectivity index (χ1) is 12.3. The predicted octanol–water partition coefficient (Wildman–Crippen LogP) is 3.78. The Bertz CT molecular complexity index is 451. The summed E-state index contributed by atoms with van der Waals surface area (Å²) < 4.78 is 30.5. The molecule has 0 radical (unpaired) electrons. The third-order valence-electron chi connectivity index (χ3n) is 4.45. The second-order valence-electron chi connectivity index (χ2n) is 7.26. The number of carbonyl (C=O) groups is 1. The average molecular weight is 394 g/mol. The maximum absolute atomic E-state index is 12.2. The summed E-state index contributed by atoms with van der Waals surface area (Å²) in [7, 11) is -4.11. The van der Waals surface area contributed by atoms with Gasteiger partial charge in [0.2, 0.25) is 5.91 Å². The van der Waals surface area contributed by atoms with Gasteiger partial charge in [-0.1, -0.05) is 71.1 Å². The van der Waals surface area contributed by atoms with Gasteiger partial charge in [0.05, 0.1) is 11.9 Å². The lowest BCUT2D eigenvalue weighted by Crippen LogP contribution is -2.39. The first-order valence-corrected chi connectivity index (χ1v) is 11.8. The highest BCUT2D eigenvalue weighted by molar-refractivity contribution is 7.85. The minimum atomic E-state index is -4.11. The molecule has 0 aliphatic heterocycles. The zero-order valence-corrected chi connectivity index (χ0v) is 17.5. The average Bonchev–Trinajstić information content (AvgIpc) is 2.55.